The SMILES string of the molecule is Cl.ClC(Cl)c1cccnc1. The van der Waals surface area contributed by atoms with Crippen LogP contribution in [0.4, 0.5) is 0 Å². The first-order valence-corrected chi connectivity index (χ1v) is 3.36. The standard InChI is InChI=1S/C6H5Cl2N.ClH/c7-6(8)5-2-1-3-9-4-5;/h1-4,6H;1H. The molecule has 56 valence electrons. The first kappa shape index (κ1) is 10.0. The van der Waals surface area contributed by atoms with Crippen molar-refractivity contribution >= 4 is 35.6 Å². The molecular formula is C6H6Cl3N. The van der Waals surface area contributed by atoms with Crippen molar-refractivity contribution in [3.05, 3.63) is 30.1 Å². The molecule has 0 unspecified atom stereocenters. The van der Waals surface area contributed by atoms with Crippen molar-refractivity contribution in [1.82, 2.24) is 4.98 Å². The Morgan fingerprint density at radius 3 is 2.40 bits per heavy atom. The third kappa shape index (κ3) is 2.74. The summed E-state index contributed by atoms with van der Waals surface area (Å²) in [4.78, 5) is 3.38. The Kier molecular flexibility index (Phi) is 4.79. The van der Waals surface area contributed by atoms with Gasteiger partial charge in [-0.2, -0.15) is 0 Å². The Bertz CT molecular complexity index is 176. The highest BCUT2D eigenvalue weighted by Gasteiger charge is 1.99. The summed E-state index contributed by atoms with van der Waals surface area (Å²) >= 11 is 11.1. The highest BCUT2D eigenvalue weighted by molar-refractivity contribution is 6.44. The molecule has 1 aromatic heterocycles. The molecular weight excluding hydrogens is 192 g/mol. The summed E-state index contributed by atoms with van der Waals surface area (Å²) in [6.07, 6.45) is 3.32. The van der Waals surface area contributed by atoms with E-state index in [2.05, 4.69) is 4.98 Å². The summed E-state index contributed by atoms with van der Waals surface area (Å²) in [6.45, 7) is 0. The van der Waals surface area contributed by atoms with Gasteiger partial charge in [0.2, 0.25) is 0 Å². The zero-order valence-electron chi connectivity index (χ0n) is 5.00. The number of nitrogens with zero attached hydrogens (tertiary/aromatic N) is 1. The van der Waals surface area contributed by atoms with E-state index in [1.165, 1.54) is 0 Å². The molecule has 0 amide bonds. The van der Waals surface area contributed by atoms with E-state index in [4.69, 9.17) is 23.2 Å². The molecule has 0 atom stereocenters. The predicted molar refractivity (Wildman–Crippen MR) is 45.9 cm³/mol. The summed E-state index contributed by atoms with van der Waals surface area (Å²) in [7, 11) is 0. The fourth-order valence-electron chi connectivity index (χ4n) is 0.505. The van der Waals surface area contributed by atoms with E-state index >= 15 is 0 Å². The summed E-state index contributed by atoms with van der Waals surface area (Å²) in [5, 5.41) is 0. The number of aromatic nitrogens is 1. The van der Waals surface area contributed by atoms with Crippen LogP contribution in [0.25, 0.3) is 0 Å². The first-order valence-electron chi connectivity index (χ1n) is 2.49. The molecule has 4 heteroatoms. The van der Waals surface area contributed by atoms with Gasteiger partial charge in [-0.05, 0) is 6.07 Å². The zero-order valence-corrected chi connectivity index (χ0v) is 7.33. The van der Waals surface area contributed by atoms with Gasteiger partial charge in [-0.25, -0.2) is 0 Å². The molecule has 0 aliphatic carbocycles. The van der Waals surface area contributed by atoms with Gasteiger partial charge in [0.25, 0.3) is 0 Å². The molecule has 0 radical (unpaired) electrons. The molecule has 0 N–H and O–H groups in total. The maximum Gasteiger partial charge on any atom is 0.134 e. The van der Waals surface area contributed by atoms with Gasteiger partial charge in [0, 0.05) is 18.0 Å². The molecule has 0 aliphatic heterocycles. The highest BCUT2D eigenvalue weighted by Crippen LogP contribution is 2.22. The summed E-state index contributed by atoms with van der Waals surface area (Å²) in [5.74, 6) is 0. The minimum absolute atomic E-state index is 0. The van der Waals surface area contributed by atoms with Crippen molar-refractivity contribution in [1.29, 1.82) is 0 Å². The molecule has 0 fully saturated rings. The van der Waals surface area contributed by atoms with Crippen LogP contribution in [0.1, 0.15) is 10.4 Å². The van der Waals surface area contributed by atoms with E-state index in [1.54, 1.807) is 18.5 Å². The van der Waals surface area contributed by atoms with E-state index in [-0.39, 0.29) is 12.4 Å². The normalized spacial score (nSPS) is 9.10. The van der Waals surface area contributed by atoms with E-state index in [0.717, 1.165) is 5.56 Å². The second-order valence-corrected chi connectivity index (χ2v) is 2.68. The Balaban J connectivity index is 0.000000810. The molecule has 1 rings (SSSR count). The zero-order chi connectivity index (χ0) is 6.69. The number of hydrogen-bond acceptors (Lipinski definition) is 1. The van der Waals surface area contributed by atoms with E-state index in [1.807, 2.05) is 6.07 Å². The minimum atomic E-state index is -0.460. The molecule has 10 heavy (non-hydrogen) atoms. The molecule has 1 aromatic rings. The van der Waals surface area contributed by atoms with Crippen molar-refractivity contribution in [3.63, 3.8) is 0 Å². The lowest BCUT2D eigenvalue weighted by Crippen LogP contribution is -1.80. The number of pyridine rings is 1. The number of alkyl halides is 2. The molecule has 1 heterocycles. The molecule has 0 aromatic carbocycles. The lowest BCUT2D eigenvalue weighted by Gasteiger charge is -1.96. The van der Waals surface area contributed by atoms with Crippen LogP contribution in [0.3, 0.4) is 0 Å². The van der Waals surface area contributed by atoms with Gasteiger partial charge in [0.05, 0.1) is 0 Å². The highest BCUT2D eigenvalue weighted by atomic mass is 35.5. The predicted octanol–water partition coefficient (Wildman–Crippen LogP) is 2.98. The second-order valence-electron chi connectivity index (χ2n) is 1.59. The van der Waals surface area contributed by atoms with Gasteiger partial charge < -0.3 is 0 Å². The van der Waals surface area contributed by atoms with Gasteiger partial charge in [-0.1, -0.05) is 6.07 Å². The molecule has 0 aliphatic rings. The molecule has 0 saturated carbocycles. The average molecular weight is 198 g/mol. The monoisotopic (exact) mass is 197 g/mol. The smallest absolute Gasteiger partial charge is 0.134 e. The van der Waals surface area contributed by atoms with Crippen LogP contribution in [0.5, 0.6) is 0 Å². The van der Waals surface area contributed by atoms with Crippen molar-refractivity contribution in [3.8, 4) is 0 Å². The van der Waals surface area contributed by atoms with Crippen LogP contribution in [0.2, 0.25) is 0 Å². The topological polar surface area (TPSA) is 12.9 Å². The molecule has 0 saturated heterocycles. The quantitative estimate of drug-likeness (QED) is 0.632. The molecule has 1 nitrogen and oxygen atoms in total. The largest absolute Gasteiger partial charge is 0.264 e. The van der Waals surface area contributed by atoms with Crippen LogP contribution < -0.4 is 0 Å². The van der Waals surface area contributed by atoms with Gasteiger partial charge in [-0.15, -0.1) is 35.6 Å². The third-order valence-corrected chi connectivity index (χ3v) is 1.44. The Morgan fingerprint density at radius 2 is 2.10 bits per heavy atom. The lowest BCUT2D eigenvalue weighted by molar-refractivity contribution is 1.23. The van der Waals surface area contributed by atoms with Gasteiger partial charge in [0.15, 0.2) is 0 Å². The maximum atomic E-state index is 5.53. The van der Waals surface area contributed by atoms with Crippen molar-refractivity contribution in [2.45, 2.75) is 4.84 Å². The number of hydrogen-bond donors (Lipinski definition) is 0. The van der Waals surface area contributed by atoms with Crippen molar-refractivity contribution < 1.29 is 0 Å². The van der Waals surface area contributed by atoms with Crippen molar-refractivity contribution in [2.75, 3.05) is 0 Å². The van der Waals surface area contributed by atoms with Crippen LogP contribution in [-0.2, 0) is 0 Å². The average Bonchev–Trinajstić information content (AvgIpc) is 1.90. The minimum Gasteiger partial charge on any atom is -0.264 e. The van der Waals surface area contributed by atoms with Crippen LogP contribution in [-0.4, -0.2) is 4.98 Å². The maximum absolute atomic E-state index is 5.53. The van der Waals surface area contributed by atoms with Gasteiger partial charge in [0.1, 0.15) is 4.84 Å². The fraction of sp³-hybridized carbons (Fsp3) is 0.167. The summed E-state index contributed by atoms with van der Waals surface area (Å²) in [6, 6.07) is 3.63. The van der Waals surface area contributed by atoms with Gasteiger partial charge in [-0.3, -0.25) is 4.98 Å². The lowest BCUT2D eigenvalue weighted by atomic mass is 10.3. The van der Waals surface area contributed by atoms with E-state index in [9.17, 15) is 0 Å². The van der Waals surface area contributed by atoms with Crippen LogP contribution >= 0.6 is 35.6 Å². The second kappa shape index (κ2) is 4.78. The van der Waals surface area contributed by atoms with Crippen LogP contribution in [0.15, 0.2) is 24.5 Å². The Labute approximate surface area is 75.8 Å². The van der Waals surface area contributed by atoms with E-state index in [0.29, 0.717) is 0 Å². The number of halogens is 3. The fourth-order valence-corrected chi connectivity index (χ4v) is 0.763. The molecule has 0 bridgehead atoms. The van der Waals surface area contributed by atoms with Gasteiger partial charge >= 0.3 is 0 Å². The van der Waals surface area contributed by atoms with Crippen LogP contribution in [0, 0.1) is 0 Å². The Hall–Kier alpha value is 0.0200. The van der Waals surface area contributed by atoms with Crippen molar-refractivity contribution in [2.24, 2.45) is 0 Å². The summed E-state index contributed by atoms with van der Waals surface area (Å²) in [5.41, 5.74) is 0.834. The summed E-state index contributed by atoms with van der Waals surface area (Å²) < 4.78 is 0. The third-order valence-electron chi connectivity index (χ3n) is 0.936. The first-order chi connectivity index (χ1) is 4.30. The van der Waals surface area contributed by atoms with E-state index < -0.39 is 4.84 Å². The number of rotatable bonds is 1. The molecule has 0 spiro atoms. The Morgan fingerprint density at radius 1 is 1.40 bits per heavy atom.